The summed E-state index contributed by atoms with van der Waals surface area (Å²) in [5.74, 6) is 0.855. The van der Waals surface area contributed by atoms with E-state index in [1.165, 1.54) is 0 Å². The van der Waals surface area contributed by atoms with Gasteiger partial charge in [0.1, 0.15) is 5.15 Å². The lowest BCUT2D eigenvalue weighted by Crippen LogP contribution is -2.24. The predicted molar refractivity (Wildman–Crippen MR) is 65.2 cm³/mol. The highest BCUT2D eigenvalue weighted by atomic mass is 35.5. The van der Waals surface area contributed by atoms with Gasteiger partial charge in [-0.1, -0.05) is 11.6 Å². The number of carbonyl (C=O) groups excluding carboxylic acids is 1. The van der Waals surface area contributed by atoms with Crippen molar-refractivity contribution < 1.29 is 4.79 Å². The summed E-state index contributed by atoms with van der Waals surface area (Å²) in [6, 6.07) is 3.57. The van der Waals surface area contributed by atoms with Crippen molar-refractivity contribution in [1.82, 2.24) is 4.98 Å². The molecule has 0 aliphatic carbocycles. The van der Waals surface area contributed by atoms with E-state index in [9.17, 15) is 4.79 Å². The number of pyridine rings is 1. The molecule has 1 atom stereocenters. The van der Waals surface area contributed by atoms with Gasteiger partial charge in [0.05, 0.1) is 0 Å². The molecule has 16 heavy (non-hydrogen) atoms. The van der Waals surface area contributed by atoms with Gasteiger partial charge in [-0.25, -0.2) is 4.98 Å². The van der Waals surface area contributed by atoms with Gasteiger partial charge >= 0.3 is 0 Å². The Morgan fingerprint density at radius 2 is 2.31 bits per heavy atom. The number of rotatable bonds is 2. The first-order valence-corrected chi connectivity index (χ1v) is 6.02. The van der Waals surface area contributed by atoms with E-state index < -0.39 is 0 Å². The number of aryl methyl sites for hydroxylation is 1. The molecule has 2 heterocycles. The van der Waals surface area contributed by atoms with Crippen LogP contribution >= 0.6 is 23.2 Å². The second kappa shape index (κ2) is 4.60. The molecule has 0 N–H and O–H groups in total. The molecular formula is C11H12Cl2N2O. The topological polar surface area (TPSA) is 33.2 Å². The fraction of sp³-hybridized carbons (Fsp3) is 0.455. The number of anilines is 1. The molecule has 1 amide bonds. The number of carbonyl (C=O) groups is 1. The van der Waals surface area contributed by atoms with Crippen LogP contribution in [0.5, 0.6) is 0 Å². The monoisotopic (exact) mass is 258 g/mol. The molecule has 1 aliphatic rings. The molecule has 0 saturated carbocycles. The number of alkyl halides is 1. The molecule has 1 aliphatic heterocycles. The first-order chi connectivity index (χ1) is 7.60. The quantitative estimate of drug-likeness (QED) is 0.604. The second-order valence-corrected chi connectivity index (χ2v) is 4.71. The molecule has 0 aromatic carbocycles. The zero-order valence-electron chi connectivity index (χ0n) is 8.91. The van der Waals surface area contributed by atoms with Gasteiger partial charge in [-0.2, -0.15) is 0 Å². The lowest BCUT2D eigenvalue weighted by molar-refractivity contribution is -0.117. The average Bonchev–Trinajstić information content (AvgIpc) is 2.58. The van der Waals surface area contributed by atoms with Gasteiger partial charge in [-0.05, 0) is 25.0 Å². The molecule has 5 heteroatoms. The number of aromatic nitrogens is 1. The van der Waals surface area contributed by atoms with E-state index in [1.807, 2.05) is 13.0 Å². The van der Waals surface area contributed by atoms with E-state index >= 15 is 0 Å². The maximum Gasteiger partial charge on any atom is 0.227 e. The van der Waals surface area contributed by atoms with Crippen LogP contribution in [0.25, 0.3) is 0 Å². The largest absolute Gasteiger partial charge is 0.312 e. The lowest BCUT2D eigenvalue weighted by Gasteiger charge is -2.17. The molecule has 0 bridgehead atoms. The van der Waals surface area contributed by atoms with Crippen LogP contribution in [0.1, 0.15) is 12.1 Å². The Morgan fingerprint density at radius 1 is 1.56 bits per heavy atom. The van der Waals surface area contributed by atoms with Crippen LogP contribution in [0.4, 0.5) is 5.69 Å². The Hall–Kier alpha value is -0.800. The Kier molecular flexibility index (Phi) is 3.36. The van der Waals surface area contributed by atoms with E-state index in [0.717, 1.165) is 11.4 Å². The number of amides is 1. The minimum absolute atomic E-state index is 0.104. The molecule has 1 aromatic rings. The molecule has 1 aromatic heterocycles. The first kappa shape index (κ1) is 11.7. The number of nitrogens with zero attached hydrogens (tertiary/aromatic N) is 2. The summed E-state index contributed by atoms with van der Waals surface area (Å²) in [6.45, 7) is 2.52. The third kappa shape index (κ3) is 2.30. The van der Waals surface area contributed by atoms with Crippen molar-refractivity contribution >= 4 is 34.8 Å². The summed E-state index contributed by atoms with van der Waals surface area (Å²) in [4.78, 5) is 17.6. The normalized spacial score (nSPS) is 20.6. The van der Waals surface area contributed by atoms with E-state index in [1.54, 1.807) is 11.0 Å². The molecule has 1 fully saturated rings. The van der Waals surface area contributed by atoms with Crippen molar-refractivity contribution in [3.8, 4) is 0 Å². The zero-order chi connectivity index (χ0) is 11.7. The third-order valence-electron chi connectivity index (χ3n) is 2.64. The highest BCUT2D eigenvalue weighted by molar-refractivity contribution is 6.29. The molecule has 0 spiro atoms. The van der Waals surface area contributed by atoms with Crippen molar-refractivity contribution in [1.29, 1.82) is 0 Å². The molecule has 0 radical (unpaired) electrons. The highest BCUT2D eigenvalue weighted by Crippen LogP contribution is 2.27. The smallest absolute Gasteiger partial charge is 0.227 e. The molecule has 1 saturated heterocycles. The van der Waals surface area contributed by atoms with E-state index in [-0.39, 0.29) is 11.8 Å². The summed E-state index contributed by atoms with van der Waals surface area (Å²) in [7, 11) is 0. The van der Waals surface area contributed by atoms with Crippen molar-refractivity contribution in [2.45, 2.75) is 13.3 Å². The summed E-state index contributed by atoms with van der Waals surface area (Å²) in [6.07, 6.45) is 0.516. The summed E-state index contributed by atoms with van der Waals surface area (Å²) in [5, 5.41) is 0.414. The minimum atomic E-state index is 0.104. The summed E-state index contributed by atoms with van der Waals surface area (Å²) >= 11 is 11.6. The molecule has 1 unspecified atom stereocenters. The van der Waals surface area contributed by atoms with Crippen LogP contribution in [0, 0.1) is 12.8 Å². The Morgan fingerprint density at radius 3 is 2.88 bits per heavy atom. The molecule has 2 rings (SSSR count). The minimum Gasteiger partial charge on any atom is -0.312 e. The molecule has 3 nitrogen and oxygen atoms in total. The van der Waals surface area contributed by atoms with Crippen LogP contribution in [0.2, 0.25) is 5.15 Å². The molecular weight excluding hydrogens is 247 g/mol. The number of halogens is 2. The predicted octanol–water partition coefficient (Wildman–Crippen LogP) is 2.64. The maximum atomic E-state index is 11.8. The number of hydrogen-bond donors (Lipinski definition) is 0. The van der Waals surface area contributed by atoms with Crippen LogP contribution < -0.4 is 4.90 Å². The van der Waals surface area contributed by atoms with Crippen LogP contribution in [0.15, 0.2) is 12.1 Å². The first-order valence-electron chi connectivity index (χ1n) is 5.10. The van der Waals surface area contributed by atoms with E-state index in [2.05, 4.69) is 4.98 Å². The van der Waals surface area contributed by atoms with Gasteiger partial charge in [0.15, 0.2) is 0 Å². The summed E-state index contributed by atoms with van der Waals surface area (Å²) in [5.41, 5.74) is 1.62. The third-order valence-corrected chi connectivity index (χ3v) is 3.27. The van der Waals surface area contributed by atoms with Crippen molar-refractivity contribution in [3.05, 3.63) is 23.0 Å². The van der Waals surface area contributed by atoms with Gasteiger partial charge in [0.25, 0.3) is 0 Å². The van der Waals surface area contributed by atoms with Crippen LogP contribution in [-0.4, -0.2) is 23.3 Å². The van der Waals surface area contributed by atoms with E-state index in [0.29, 0.717) is 24.0 Å². The Balaban J connectivity index is 2.27. The van der Waals surface area contributed by atoms with Gasteiger partial charge in [-0.15, -0.1) is 11.6 Å². The SMILES string of the molecule is Cc1cc(N2CC(CCl)CC2=O)cc(Cl)n1. The second-order valence-electron chi connectivity index (χ2n) is 4.02. The molecule has 86 valence electrons. The zero-order valence-corrected chi connectivity index (χ0v) is 10.4. The van der Waals surface area contributed by atoms with Crippen molar-refractivity contribution in [3.63, 3.8) is 0 Å². The fourth-order valence-electron chi connectivity index (χ4n) is 1.90. The summed E-state index contributed by atoms with van der Waals surface area (Å²) < 4.78 is 0. The van der Waals surface area contributed by atoms with Crippen molar-refractivity contribution in [2.75, 3.05) is 17.3 Å². The van der Waals surface area contributed by atoms with Gasteiger partial charge in [0.2, 0.25) is 5.91 Å². The average molecular weight is 259 g/mol. The standard InChI is InChI=1S/C11H12Cl2N2O/c1-7-2-9(4-10(13)14-7)15-6-8(5-12)3-11(15)16/h2,4,8H,3,5-6H2,1H3. The maximum absolute atomic E-state index is 11.8. The van der Waals surface area contributed by atoms with Crippen LogP contribution in [-0.2, 0) is 4.79 Å². The Labute approximate surface area is 104 Å². The number of hydrogen-bond acceptors (Lipinski definition) is 2. The highest BCUT2D eigenvalue weighted by Gasteiger charge is 2.30. The van der Waals surface area contributed by atoms with Gasteiger partial charge < -0.3 is 4.90 Å². The van der Waals surface area contributed by atoms with Gasteiger partial charge in [-0.3, -0.25) is 4.79 Å². The van der Waals surface area contributed by atoms with Gasteiger partial charge in [0, 0.05) is 30.2 Å². The van der Waals surface area contributed by atoms with E-state index in [4.69, 9.17) is 23.2 Å². The fourth-order valence-corrected chi connectivity index (χ4v) is 2.35. The lowest BCUT2D eigenvalue weighted by atomic mass is 10.1. The van der Waals surface area contributed by atoms with Crippen molar-refractivity contribution in [2.24, 2.45) is 5.92 Å². The Bertz CT molecular complexity index is 402. The van der Waals surface area contributed by atoms with Crippen LogP contribution in [0.3, 0.4) is 0 Å².